The lowest BCUT2D eigenvalue weighted by molar-refractivity contribution is 0.179. The second kappa shape index (κ2) is 7.78. The Hall–Kier alpha value is -3.62. The minimum absolute atomic E-state index is 0.0788. The van der Waals surface area contributed by atoms with Gasteiger partial charge in [-0.1, -0.05) is 30.3 Å². The fraction of sp³-hybridized carbons (Fsp3) is 0.300. The van der Waals surface area contributed by atoms with E-state index >= 15 is 0 Å². The number of H-pyrrole nitrogens is 1. The van der Waals surface area contributed by atoms with Crippen molar-refractivity contribution in [3.8, 4) is 11.4 Å². The fourth-order valence-corrected chi connectivity index (χ4v) is 3.51. The molecule has 0 atom stereocenters. The number of hydrogen-bond acceptors (Lipinski definition) is 4. The number of hydrogen-bond donors (Lipinski definition) is 2. The molecule has 1 aliphatic rings. The number of rotatable bonds is 3. The van der Waals surface area contributed by atoms with Crippen LogP contribution in [0.5, 0.6) is 0 Å². The van der Waals surface area contributed by atoms with Gasteiger partial charge in [0.25, 0.3) is 5.56 Å². The van der Waals surface area contributed by atoms with Crippen LogP contribution in [0.1, 0.15) is 18.9 Å². The van der Waals surface area contributed by atoms with Crippen molar-refractivity contribution in [2.24, 2.45) is 7.05 Å². The van der Waals surface area contributed by atoms with Gasteiger partial charge in [-0.05, 0) is 25.0 Å². The highest BCUT2D eigenvalue weighted by Gasteiger charge is 2.26. The Morgan fingerprint density at radius 2 is 1.83 bits per heavy atom. The van der Waals surface area contributed by atoms with Crippen LogP contribution in [0.25, 0.3) is 11.4 Å². The van der Waals surface area contributed by atoms with Crippen LogP contribution in [-0.4, -0.2) is 43.4 Å². The van der Waals surface area contributed by atoms with Gasteiger partial charge in [0, 0.05) is 31.9 Å². The zero-order chi connectivity index (χ0) is 20.4. The van der Waals surface area contributed by atoms with Crippen molar-refractivity contribution in [1.29, 1.82) is 0 Å². The van der Waals surface area contributed by atoms with Gasteiger partial charge in [0.2, 0.25) is 0 Å². The SMILES string of the molecule is Cn1cccc(NC(=O)N2CCC(n3nc(-c4ccccc4)[nH]c3=O)CC2)c1=O. The Morgan fingerprint density at radius 1 is 1.10 bits per heavy atom. The lowest BCUT2D eigenvalue weighted by Gasteiger charge is -2.31. The Kier molecular flexibility index (Phi) is 5.03. The first-order chi connectivity index (χ1) is 14.0. The van der Waals surface area contributed by atoms with E-state index in [-0.39, 0.29) is 29.0 Å². The summed E-state index contributed by atoms with van der Waals surface area (Å²) in [7, 11) is 1.63. The number of carbonyl (C=O) groups excluding carboxylic acids is 1. The maximum Gasteiger partial charge on any atom is 0.343 e. The van der Waals surface area contributed by atoms with Crippen molar-refractivity contribution >= 4 is 11.7 Å². The molecule has 1 fully saturated rings. The van der Waals surface area contributed by atoms with E-state index < -0.39 is 0 Å². The molecular weight excluding hydrogens is 372 g/mol. The molecule has 29 heavy (non-hydrogen) atoms. The summed E-state index contributed by atoms with van der Waals surface area (Å²) in [5, 5.41) is 7.12. The first-order valence-corrected chi connectivity index (χ1v) is 9.49. The van der Waals surface area contributed by atoms with Crippen molar-refractivity contribution in [2.45, 2.75) is 18.9 Å². The number of anilines is 1. The molecular formula is C20H22N6O3. The van der Waals surface area contributed by atoms with Crippen LogP contribution in [0, 0.1) is 0 Å². The number of pyridine rings is 1. The van der Waals surface area contributed by atoms with Crippen molar-refractivity contribution in [2.75, 3.05) is 18.4 Å². The Balaban J connectivity index is 1.41. The summed E-state index contributed by atoms with van der Waals surface area (Å²) in [5.41, 5.74) is 0.592. The molecule has 2 amide bonds. The number of nitrogens with one attached hydrogen (secondary N) is 2. The monoisotopic (exact) mass is 394 g/mol. The third-order valence-corrected chi connectivity index (χ3v) is 5.15. The van der Waals surface area contributed by atoms with Gasteiger partial charge in [-0.3, -0.25) is 9.78 Å². The van der Waals surface area contributed by atoms with Crippen LogP contribution >= 0.6 is 0 Å². The molecule has 4 rings (SSSR count). The smallest absolute Gasteiger partial charge is 0.324 e. The van der Waals surface area contributed by atoms with Gasteiger partial charge in [-0.25, -0.2) is 14.3 Å². The van der Waals surface area contributed by atoms with Gasteiger partial charge >= 0.3 is 11.7 Å². The molecule has 0 spiro atoms. The zero-order valence-electron chi connectivity index (χ0n) is 16.0. The standard InChI is InChI=1S/C20H22N6O3/c1-24-11-5-8-16(18(24)27)21-19(28)25-12-9-15(10-13-25)26-20(29)22-17(23-26)14-6-3-2-4-7-14/h2-8,11,15H,9-10,12-13H2,1H3,(H,21,28)(H,22,23,29). The Bertz CT molecular complexity index is 1120. The van der Waals surface area contributed by atoms with Gasteiger partial charge in [-0.2, -0.15) is 0 Å². The molecule has 150 valence electrons. The maximum atomic E-state index is 12.5. The lowest BCUT2D eigenvalue weighted by atomic mass is 10.1. The van der Waals surface area contributed by atoms with Gasteiger partial charge in [0.05, 0.1) is 6.04 Å². The van der Waals surface area contributed by atoms with E-state index in [2.05, 4.69) is 15.4 Å². The van der Waals surface area contributed by atoms with Crippen LogP contribution in [-0.2, 0) is 7.05 Å². The van der Waals surface area contributed by atoms with Crippen LogP contribution in [0.2, 0.25) is 0 Å². The highest BCUT2D eigenvalue weighted by molar-refractivity contribution is 5.89. The third-order valence-electron chi connectivity index (χ3n) is 5.15. The average Bonchev–Trinajstić information content (AvgIpc) is 3.14. The molecule has 9 nitrogen and oxygen atoms in total. The maximum absolute atomic E-state index is 12.5. The van der Waals surface area contributed by atoms with Crippen molar-refractivity contribution < 1.29 is 4.79 Å². The van der Waals surface area contributed by atoms with E-state index in [1.807, 2.05) is 30.3 Å². The van der Waals surface area contributed by atoms with E-state index in [0.29, 0.717) is 31.8 Å². The topological polar surface area (TPSA) is 105 Å². The predicted molar refractivity (Wildman–Crippen MR) is 109 cm³/mol. The normalized spacial score (nSPS) is 14.7. The Labute approximate surface area is 166 Å². The first kappa shape index (κ1) is 18.7. The zero-order valence-corrected chi connectivity index (χ0v) is 16.0. The molecule has 0 unspecified atom stereocenters. The summed E-state index contributed by atoms with van der Waals surface area (Å²) >= 11 is 0. The van der Waals surface area contributed by atoms with Crippen molar-refractivity contribution in [1.82, 2.24) is 24.2 Å². The fourth-order valence-electron chi connectivity index (χ4n) is 3.51. The largest absolute Gasteiger partial charge is 0.343 e. The van der Waals surface area contributed by atoms with E-state index in [4.69, 9.17) is 0 Å². The van der Waals surface area contributed by atoms with Crippen LogP contribution in [0.3, 0.4) is 0 Å². The summed E-state index contributed by atoms with van der Waals surface area (Å²) in [6.07, 6.45) is 2.85. The average molecular weight is 394 g/mol. The number of aryl methyl sites for hydroxylation is 1. The molecule has 0 bridgehead atoms. The quantitative estimate of drug-likeness (QED) is 0.707. The van der Waals surface area contributed by atoms with Crippen molar-refractivity contribution in [3.63, 3.8) is 0 Å². The molecule has 3 aromatic rings. The van der Waals surface area contributed by atoms with E-state index in [1.165, 1.54) is 9.25 Å². The molecule has 1 aliphatic heterocycles. The summed E-state index contributed by atoms with van der Waals surface area (Å²) < 4.78 is 2.89. The lowest BCUT2D eigenvalue weighted by Crippen LogP contribution is -2.43. The first-order valence-electron chi connectivity index (χ1n) is 9.49. The molecule has 0 radical (unpaired) electrons. The Morgan fingerprint density at radius 3 is 2.55 bits per heavy atom. The number of aromatic nitrogens is 4. The number of amides is 2. The van der Waals surface area contributed by atoms with Crippen LogP contribution < -0.4 is 16.6 Å². The number of carbonyl (C=O) groups is 1. The number of benzene rings is 1. The predicted octanol–water partition coefficient (Wildman–Crippen LogP) is 1.81. The second-order valence-electron chi connectivity index (χ2n) is 7.08. The minimum atomic E-state index is -0.314. The molecule has 0 aliphatic carbocycles. The second-order valence-corrected chi connectivity index (χ2v) is 7.08. The molecule has 2 aromatic heterocycles. The van der Waals surface area contributed by atoms with Crippen molar-refractivity contribution in [3.05, 3.63) is 69.5 Å². The number of likely N-dealkylation sites (tertiary alicyclic amines) is 1. The number of nitrogens with zero attached hydrogens (tertiary/aromatic N) is 4. The molecule has 0 saturated carbocycles. The van der Waals surface area contributed by atoms with Crippen LogP contribution in [0.4, 0.5) is 10.5 Å². The molecule has 9 heteroatoms. The van der Waals surface area contributed by atoms with Gasteiger partial charge in [0.1, 0.15) is 5.69 Å². The highest BCUT2D eigenvalue weighted by Crippen LogP contribution is 2.22. The molecule has 2 N–H and O–H groups in total. The minimum Gasteiger partial charge on any atom is -0.324 e. The molecule has 1 saturated heterocycles. The number of urea groups is 1. The van der Waals surface area contributed by atoms with E-state index in [1.54, 1.807) is 30.3 Å². The van der Waals surface area contributed by atoms with Crippen LogP contribution in [0.15, 0.2) is 58.3 Å². The summed E-state index contributed by atoms with van der Waals surface area (Å²) in [6.45, 7) is 0.952. The summed E-state index contributed by atoms with van der Waals surface area (Å²) in [6, 6.07) is 12.4. The number of piperidine rings is 1. The summed E-state index contributed by atoms with van der Waals surface area (Å²) in [4.78, 5) is 41.4. The number of aromatic amines is 1. The van der Waals surface area contributed by atoms with E-state index in [0.717, 1.165) is 5.56 Å². The molecule has 3 heterocycles. The molecule has 1 aromatic carbocycles. The van der Waals surface area contributed by atoms with E-state index in [9.17, 15) is 14.4 Å². The highest BCUT2D eigenvalue weighted by atomic mass is 16.2. The van der Waals surface area contributed by atoms with Gasteiger partial charge in [-0.15, -0.1) is 5.10 Å². The van der Waals surface area contributed by atoms with Gasteiger partial charge in [0.15, 0.2) is 5.82 Å². The van der Waals surface area contributed by atoms with Gasteiger partial charge < -0.3 is 14.8 Å². The third kappa shape index (κ3) is 3.84. The summed E-state index contributed by atoms with van der Waals surface area (Å²) in [5.74, 6) is 0.538.